The van der Waals surface area contributed by atoms with E-state index in [0.29, 0.717) is 6.54 Å². The van der Waals surface area contributed by atoms with E-state index in [1.54, 1.807) is 30.3 Å². The number of aromatic nitrogens is 1. The van der Waals surface area contributed by atoms with Gasteiger partial charge >= 0.3 is 5.97 Å². The molecule has 0 aliphatic rings. The van der Waals surface area contributed by atoms with Crippen molar-refractivity contribution in [2.45, 2.75) is 13.0 Å². The minimum absolute atomic E-state index is 0.0315. The van der Waals surface area contributed by atoms with E-state index in [2.05, 4.69) is 4.98 Å². The average molecular weight is 284 g/mol. The normalized spacial score (nSPS) is 10.1. The minimum Gasteiger partial charge on any atom is -0.478 e. The fraction of sp³-hybridized carbons (Fsp3) is 0.188. The SMILES string of the molecule is CN(Cc1ccc(C(=O)O)cc1)C(=O)Cc1ccccn1. The smallest absolute Gasteiger partial charge is 0.335 e. The highest BCUT2D eigenvalue weighted by atomic mass is 16.4. The maximum absolute atomic E-state index is 12.1. The molecule has 0 saturated carbocycles. The van der Waals surface area contributed by atoms with Gasteiger partial charge in [0.15, 0.2) is 0 Å². The molecule has 0 aliphatic heterocycles. The van der Waals surface area contributed by atoms with E-state index in [1.807, 2.05) is 18.2 Å². The highest BCUT2D eigenvalue weighted by molar-refractivity contribution is 5.87. The second kappa shape index (κ2) is 6.65. The Bertz CT molecular complexity index is 624. The van der Waals surface area contributed by atoms with Crippen LogP contribution < -0.4 is 0 Å². The van der Waals surface area contributed by atoms with Crippen LogP contribution in [0.1, 0.15) is 21.6 Å². The summed E-state index contributed by atoms with van der Waals surface area (Å²) < 4.78 is 0. The molecule has 0 fully saturated rings. The maximum Gasteiger partial charge on any atom is 0.335 e. The van der Waals surface area contributed by atoms with E-state index in [9.17, 15) is 9.59 Å². The van der Waals surface area contributed by atoms with Gasteiger partial charge in [-0.15, -0.1) is 0 Å². The van der Waals surface area contributed by atoms with Gasteiger partial charge in [-0.2, -0.15) is 0 Å². The van der Waals surface area contributed by atoms with Crippen molar-refractivity contribution >= 4 is 11.9 Å². The summed E-state index contributed by atoms with van der Waals surface area (Å²) in [4.78, 5) is 28.6. The molecule has 1 aromatic carbocycles. The van der Waals surface area contributed by atoms with Crippen LogP contribution in [0.15, 0.2) is 48.7 Å². The van der Waals surface area contributed by atoms with Gasteiger partial charge < -0.3 is 10.0 Å². The highest BCUT2D eigenvalue weighted by Gasteiger charge is 2.11. The molecule has 0 saturated heterocycles. The number of carbonyl (C=O) groups is 2. The zero-order valence-corrected chi connectivity index (χ0v) is 11.7. The van der Waals surface area contributed by atoms with E-state index >= 15 is 0 Å². The lowest BCUT2D eigenvalue weighted by molar-refractivity contribution is -0.129. The third-order valence-corrected chi connectivity index (χ3v) is 3.10. The molecule has 0 spiro atoms. The summed E-state index contributed by atoms with van der Waals surface area (Å²) in [6, 6.07) is 12.0. The van der Waals surface area contributed by atoms with Crippen molar-refractivity contribution in [1.29, 1.82) is 0 Å². The average Bonchev–Trinajstić information content (AvgIpc) is 2.48. The molecule has 5 nitrogen and oxygen atoms in total. The summed E-state index contributed by atoms with van der Waals surface area (Å²) >= 11 is 0. The first-order valence-electron chi connectivity index (χ1n) is 6.52. The number of amides is 1. The van der Waals surface area contributed by atoms with Gasteiger partial charge in [0, 0.05) is 25.5 Å². The monoisotopic (exact) mass is 284 g/mol. The second-order valence-electron chi connectivity index (χ2n) is 4.75. The Balaban J connectivity index is 1.95. The second-order valence-corrected chi connectivity index (χ2v) is 4.75. The molecule has 1 heterocycles. The van der Waals surface area contributed by atoms with E-state index < -0.39 is 5.97 Å². The Hall–Kier alpha value is -2.69. The Morgan fingerprint density at radius 1 is 1.14 bits per heavy atom. The summed E-state index contributed by atoms with van der Waals surface area (Å²) in [6.07, 6.45) is 1.91. The van der Waals surface area contributed by atoms with Gasteiger partial charge in [0.25, 0.3) is 0 Å². The molecule has 2 aromatic rings. The molecule has 0 aliphatic carbocycles. The summed E-state index contributed by atoms with van der Waals surface area (Å²) in [7, 11) is 1.72. The Morgan fingerprint density at radius 3 is 2.43 bits per heavy atom. The van der Waals surface area contributed by atoms with Crippen molar-refractivity contribution in [3.63, 3.8) is 0 Å². The van der Waals surface area contributed by atoms with E-state index in [0.717, 1.165) is 11.3 Å². The number of benzene rings is 1. The molecule has 0 unspecified atom stereocenters. The van der Waals surface area contributed by atoms with E-state index in [-0.39, 0.29) is 17.9 Å². The van der Waals surface area contributed by atoms with Crippen LogP contribution in [0, 0.1) is 0 Å². The first-order valence-corrected chi connectivity index (χ1v) is 6.52. The van der Waals surface area contributed by atoms with Crippen molar-refractivity contribution in [3.05, 3.63) is 65.5 Å². The standard InChI is InChI=1S/C16H16N2O3/c1-18(15(19)10-14-4-2-3-9-17-14)11-12-5-7-13(8-6-12)16(20)21/h2-9H,10-11H2,1H3,(H,20,21). The molecule has 1 N–H and O–H groups in total. The van der Waals surface area contributed by atoms with Gasteiger partial charge in [0.2, 0.25) is 5.91 Å². The third kappa shape index (κ3) is 4.14. The van der Waals surface area contributed by atoms with Gasteiger partial charge in [-0.05, 0) is 29.8 Å². The summed E-state index contributed by atoms with van der Waals surface area (Å²) in [5.74, 6) is -0.989. The lowest BCUT2D eigenvalue weighted by Crippen LogP contribution is -2.28. The molecule has 1 amide bonds. The van der Waals surface area contributed by atoms with Gasteiger partial charge in [-0.1, -0.05) is 18.2 Å². The number of carboxylic acid groups (broad SMARTS) is 1. The largest absolute Gasteiger partial charge is 0.478 e. The highest BCUT2D eigenvalue weighted by Crippen LogP contribution is 2.08. The van der Waals surface area contributed by atoms with Crippen LogP contribution in [0.3, 0.4) is 0 Å². The Morgan fingerprint density at radius 2 is 1.86 bits per heavy atom. The summed E-state index contributed by atoms with van der Waals surface area (Å²) in [6.45, 7) is 0.436. The number of nitrogens with zero attached hydrogens (tertiary/aromatic N) is 2. The summed E-state index contributed by atoms with van der Waals surface area (Å²) in [5.41, 5.74) is 1.86. The van der Waals surface area contributed by atoms with Crippen molar-refractivity contribution in [1.82, 2.24) is 9.88 Å². The zero-order valence-electron chi connectivity index (χ0n) is 11.7. The molecule has 0 atom stereocenters. The van der Waals surface area contributed by atoms with Gasteiger partial charge in [0.05, 0.1) is 12.0 Å². The first kappa shape index (κ1) is 14.7. The molecular weight excluding hydrogens is 268 g/mol. The molecule has 2 rings (SSSR count). The number of hydrogen-bond donors (Lipinski definition) is 1. The number of carboxylic acids is 1. The maximum atomic E-state index is 12.1. The van der Waals surface area contributed by atoms with Crippen molar-refractivity contribution in [2.24, 2.45) is 0 Å². The molecule has 1 aromatic heterocycles. The number of aromatic carboxylic acids is 1. The lowest BCUT2D eigenvalue weighted by Gasteiger charge is -2.17. The molecular formula is C16H16N2O3. The number of hydrogen-bond acceptors (Lipinski definition) is 3. The van der Waals surface area contributed by atoms with Crippen molar-refractivity contribution < 1.29 is 14.7 Å². The van der Waals surface area contributed by atoms with E-state index in [1.165, 1.54) is 12.1 Å². The fourth-order valence-electron chi connectivity index (χ4n) is 1.91. The Kier molecular flexibility index (Phi) is 4.66. The van der Waals surface area contributed by atoms with Crippen LogP contribution in [-0.4, -0.2) is 33.9 Å². The zero-order chi connectivity index (χ0) is 15.2. The predicted octanol–water partition coefficient (Wildman–Crippen LogP) is 1.98. The predicted molar refractivity (Wildman–Crippen MR) is 77.8 cm³/mol. The van der Waals surface area contributed by atoms with Crippen LogP contribution >= 0.6 is 0 Å². The minimum atomic E-state index is -0.957. The van der Waals surface area contributed by atoms with Gasteiger partial charge in [0.1, 0.15) is 0 Å². The summed E-state index contributed by atoms with van der Waals surface area (Å²) in [5, 5.41) is 8.84. The molecule has 108 valence electrons. The van der Waals surface area contributed by atoms with Crippen LogP contribution in [-0.2, 0) is 17.8 Å². The molecule has 0 bridgehead atoms. The third-order valence-electron chi connectivity index (χ3n) is 3.10. The van der Waals surface area contributed by atoms with E-state index in [4.69, 9.17) is 5.11 Å². The van der Waals surface area contributed by atoms with Gasteiger partial charge in [-0.25, -0.2) is 4.79 Å². The van der Waals surface area contributed by atoms with Crippen LogP contribution in [0.2, 0.25) is 0 Å². The van der Waals surface area contributed by atoms with Crippen molar-refractivity contribution in [3.8, 4) is 0 Å². The van der Waals surface area contributed by atoms with Crippen molar-refractivity contribution in [2.75, 3.05) is 7.05 Å². The van der Waals surface area contributed by atoms with Gasteiger partial charge in [-0.3, -0.25) is 9.78 Å². The lowest BCUT2D eigenvalue weighted by atomic mass is 10.1. The van der Waals surface area contributed by atoms with Crippen LogP contribution in [0.5, 0.6) is 0 Å². The quantitative estimate of drug-likeness (QED) is 0.911. The Labute approximate surface area is 122 Å². The number of carbonyl (C=O) groups excluding carboxylic acids is 1. The molecule has 5 heteroatoms. The van der Waals surface area contributed by atoms with Crippen LogP contribution in [0.25, 0.3) is 0 Å². The van der Waals surface area contributed by atoms with Crippen LogP contribution in [0.4, 0.5) is 0 Å². The number of pyridine rings is 1. The molecule has 0 radical (unpaired) electrons. The fourth-order valence-corrected chi connectivity index (χ4v) is 1.91. The molecule has 21 heavy (non-hydrogen) atoms. The topological polar surface area (TPSA) is 70.5 Å². The number of rotatable bonds is 5. The number of likely N-dealkylation sites (N-methyl/N-ethyl adjacent to an activating group) is 1. The first-order chi connectivity index (χ1) is 10.1.